The Balaban J connectivity index is 2.10. The molecule has 20 heavy (non-hydrogen) atoms. The van der Waals surface area contributed by atoms with Gasteiger partial charge in [-0.3, -0.25) is 9.59 Å². The largest absolute Gasteiger partial charge is 0.336 e. The molecule has 2 aromatic rings. The first kappa shape index (κ1) is 12.8. The molecule has 2 heterocycles. The zero-order valence-corrected chi connectivity index (χ0v) is 10.8. The van der Waals surface area contributed by atoms with Crippen molar-refractivity contribution >= 4 is 16.8 Å². The molecule has 1 aliphatic heterocycles. The fourth-order valence-corrected chi connectivity index (χ4v) is 2.45. The van der Waals surface area contributed by atoms with Crippen LogP contribution in [0, 0.1) is 5.82 Å². The third-order valence-electron chi connectivity index (χ3n) is 3.44. The minimum Gasteiger partial charge on any atom is -0.336 e. The fraction of sp³-hybridized carbons (Fsp3) is 0.286. The van der Waals surface area contributed by atoms with E-state index in [0.29, 0.717) is 29.6 Å². The first-order valence-corrected chi connectivity index (χ1v) is 6.48. The second-order valence-corrected chi connectivity index (χ2v) is 4.78. The summed E-state index contributed by atoms with van der Waals surface area (Å²) in [4.78, 5) is 28.4. The topological polar surface area (TPSA) is 65.2 Å². The van der Waals surface area contributed by atoms with Crippen LogP contribution in [0.4, 0.5) is 4.39 Å². The molecule has 0 aliphatic carbocycles. The van der Waals surface area contributed by atoms with E-state index in [4.69, 9.17) is 0 Å². The molecule has 0 saturated carbocycles. The molecule has 0 unspecified atom stereocenters. The molecule has 1 aliphatic rings. The number of H-pyrrole nitrogens is 1. The molecule has 0 radical (unpaired) electrons. The number of aromatic amines is 1. The highest BCUT2D eigenvalue weighted by molar-refractivity contribution is 6.06. The highest BCUT2D eigenvalue weighted by Gasteiger charge is 2.20. The van der Waals surface area contributed by atoms with E-state index in [2.05, 4.69) is 10.3 Å². The van der Waals surface area contributed by atoms with Crippen LogP contribution < -0.4 is 10.9 Å². The number of nitrogens with one attached hydrogen (secondary N) is 2. The van der Waals surface area contributed by atoms with Crippen LogP contribution in [0.3, 0.4) is 0 Å². The fourth-order valence-electron chi connectivity index (χ4n) is 2.45. The Hall–Kier alpha value is -2.21. The number of piperazine rings is 1. The summed E-state index contributed by atoms with van der Waals surface area (Å²) in [5, 5.41) is 3.73. The molecule has 0 spiro atoms. The Morgan fingerprint density at radius 2 is 1.95 bits per heavy atom. The number of amides is 1. The van der Waals surface area contributed by atoms with Crippen molar-refractivity contribution in [2.75, 3.05) is 26.2 Å². The molecule has 1 fully saturated rings. The predicted molar refractivity (Wildman–Crippen MR) is 73.3 cm³/mol. The number of fused-ring (bicyclic) bond motifs is 1. The summed E-state index contributed by atoms with van der Waals surface area (Å²) in [6.07, 6.45) is 0. The lowest BCUT2D eigenvalue weighted by Gasteiger charge is -2.27. The zero-order valence-electron chi connectivity index (χ0n) is 10.8. The summed E-state index contributed by atoms with van der Waals surface area (Å²) in [7, 11) is 0. The first-order valence-electron chi connectivity index (χ1n) is 6.48. The summed E-state index contributed by atoms with van der Waals surface area (Å²) < 4.78 is 13.2. The highest BCUT2D eigenvalue weighted by Crippen LogP contribution is 2.18. The van der Waals surface area contributed by atoms with Crippen molar-refractivity contribution in [2.24, 2.45) is 0 Å². The second kappa shape index (κ2) is 5.05. The van der Waals surface area contributed by atoms with Crippen molar-refractivity contribution < 1.29 is 9.18 Å². The summed E-state index contributed by atoms with van der Waals surface area (Å²) in [6, 6.07) is 5.32. The smallest absolute Gasteiger partial charge is 0.254 e. The minimum absolute atomic E-state index is 0.186. The minimum atomic E-state index is -0.445. The van der Waals surface area contributed by atoms with E-state index in [1.807, 2.05) is 0 Å². The van der Waals surface area contributed by atoms with Crippen LogP contribution in [0.1, 0.15) is 10.4 Å². The molecular formula is C14H14FN3O2. The number of hydrogen-bond donors (Lipinski definition) is 2. The molecule has 1 aromatic heterocycles. The quantitative estimate of drug-likeness (QED) is 0.805. The van der Waals surface area contributed by atoms with Gasteiger partial charge in [0.1, 0.15) is 5.82 Å². The molecule has 1 amide bonds. The Bertz CT molecular complexity index is 720. The molecule has 0 bridgehead atoms. The van der Waals surface area contributed by atoms with Crippen LogP contribution in [0.25, 0.3) is 10.9 Å². The van der Waals surface area contributed by atoms with Crippen LogP contribution >= 0.6 is 0 Å². The van der Waals surface area contributed by atoms with Crippen molar-refractivity contribution in [1.82, 2.24) is 15.2 Å². The van der Waals surface area contributed by atoms with Crippen LogP contribution in [0.15, 0.2) is 29.1 Å². The first-order chi connectivity index (χ1) is 9.65. The van der Waals surface area contributed by atoms with Gasteiger partial charge in [-0.25, -0.2) is 4.39 Å². The second-order valence-electron chi connectivity index (χ2n) is 4.78. The Morgan fingerprint density at radius 1 is 1.20 bits per heavy atom. The van der Waals surface area contributed by atoms with E-state index < -0.39 is 11.4 Å². The molecule has 104 valence electrons. The maximum Gasteiger partial charge on any atom is 0.254 e. The normalized spacial score (nSPS) is 15.6. The summed E-state index contributed by atoms with van der Waals surface area (Å²) in [5.74, 6) is -0.630. The zero-order chi connectivity index (χ0) is 14.1. The summed E-state index contributed by atoms with van der Waals surface area (Å²) in [6.45, 7) is 2.69. The molecule has 5 nitrogen and oxygen atoms in total. The lowest BCUT2D eigenvalue weighted by molar-refractivity contribution is 0.0737. The monoisotopic (exact) mass is 275 g/mol. The van der Waals surface area contributed by atoms with Gasteiger partial charge in [-0.2, -0.15) is 0 Å². The number of hydrogen-bond acceptors (Lipinski definition) is 3. The maximum atomic E-state index is 13.2. The third-order valence-corrected chi connectivity index (χ3v) is 3.44. The van der Waals surface area contributed by atoms with E-state index in [-0.39, 0.29) is 5.91 Å². The number of carbonyl (C=O) groups excluding carboxylic acids is 1. The number of carbonyl (C=O) groups is 1. The number of nitrogens with zero attached hydrogens (tertiary/aromatic N) is 1. The molecule has 2 N–H and O–H groups in total. The van der Waals surface area contributed by atoms with Crippen LogP contribution in [-0.4, -0.2) is 42.0 Å². The Morgan fingerprint density at radius 3 is 2.70 bits per heavy atom. The number of halogens is 1. The highest BCUT2D eigenvalue weighted by atomic mass is 19.1. The molecule has 3 rings (SSSR count). The average Bonchev–Trinajstić information content (AvgIpc) is 2.46. The SMILES string of the molecule is O=C(c1cc(=O)[nH]c2cc(F)ccc12)N1CCNCC1. The van der Waals surface area contributed by atoms with Gasteiger partial charge in [0.15, 0.2) is 0 Å². The van der Waals surface area contributed by atoms with Gasteiger partial charge in [0.05, 0.1) is 11.1 Å². The van der Waals surface area contributed by atoms with Crippen LogP contribution in [0.2, 0.25) is 0 Å². The van der Waals surface area contributed by atoms with Crippen LogP contribution in [0.5, 0.6) is 0 Å². The predicted octanol–water partition coefficient (Wildman–Crippen LogP) is 0.713. The van der Waals surface area contributed by atoms with Crippen molar-refractivity contribution in [3.8, 4) is 0 Å². The molecule has 1 saturated heterocycles. The number of aromatic nitrogens is 1. The molecule has 6 heteroatoms. The Labute approximate surface area is 114 Å². The lowest BCUT2D eigenvalue weighted by atomic mass is 10.1. The van der Waals surface area contributed by atoms with E-state index in [1.54, 1.807) is 4.90 Å². The standard InChI is InChI=1S/C14H14FN3O2/c15-9-1-2-10-11(8-13(19)17-12(10)7-9)14(20)18-5-3-16-4-6-18/h1-2,7-8,16H,3-6H2,(H,17,19). The van der Waals surface area contributed by atoms with E-state index in [0.717, 1.165) is 13.1 Å². The van der Waals surface area contributed by atoms with Gasteiger partial charge in [-0.05, 0) is 18.2 Å². The van der Waals surface area contributed by atoms with Gasteiger partial charge in [-0.1, -0.05) is 0 Å². The van der Waals surface area contributed by atoms with Gasteiger partial charge in [0.25, 0.3) is 5.91 Å². The maximum absolute atomic E-state index is 13.2. The number of benzene rings is 1. The van der Waals surface area contributed by atoms with E-state index in [9.17, 15) is 14.0 Å². The van der Waals surface area contributed by atoms with Crippen molar-refractivity contribution in [1.29, 1.82) is 0 Å². The lowest BCUT2D eigenvalue weighted by Crippen LogP contribution is -2.46. The van der Waals surface area contributed by atoms with E-state index in [1.165, 1.54) is 24.3 Å². The van der Waals surface area contributed by atoms with E-state index >= 15 is 0 Å². The third kappa shape index (κ3) is 2.30. The average molecular weight is 275 g/mol. The number of pyridine rings is 1. The van der Waals surface area contributed by atoms with Gasteiger partial charge in [0, 0.05) is 37.6 Å². The summed E-state index contributed by atoms with van der Waals surface area (Å²) >= 11 is 0. The van der Waals surface area contributed by atoms with Crippen molar-refractivity contribution in [2.45, 2.75) is 0 Å². The molecule has 0 atom stereocenters. The van der Waals surface area contributed by atoms with Crippen LogP contribution in [-0.2, 0) is 0 Å². The van der Waals surface area contributed by atoms with Gasteiger partial charge >= 0.3 is 0 Å². The van der Waals surface area contributed by atoms with Gasteiger partial charge < -0.3 is 15.2 Å². The number of rotatable bonds is 1. The molecular weight excluding hydrogens is 261 g/mol. The summed E-state index contributed by atoms with van der Waals surface area (Å²) in [5.41, 5.74) is 0.267. The van der Waals surface area contributed by atoms with Gasteiger partial charge in [-0.15, -0.1) is 0 Å². The van der Waals surface area contributed by atoms with Gasteiger partial charge in [0.2, 0.25) is 5.56 Å². The molecule has 1 aromatic carbocycles. The van der Waals surface area contributed by atoms with Crippen molar-refractivity contribution in [3.05, 3.63) is 46.0 Å². The Kier molecular flexibility index (Phi) is 3.23. The van der Waals surface area contributed by atoms with Crippen molar-refractivity contribution in [3.63, 3.8) is 0 Å².